The summed E-state index contributed by atoms with van der Waals surface area (Å²) in [6, 6.07) is 0. The van der Waals surface area contributed by atoms with E-state index in [4.69, 9.17) is 9.84 Å². The highest BCUT2D eigenvalue weighted by Crippen LogP contribution is 2.12. The molecule has 11 heavy (non-hydrogen) atoms. The molecule has 0 heterocycles. The molecule has 1 atom stereocenters. The van der Waals surface area contributed by atoms with Crippen LogP contribution in [0.4, 0.5) is 0 Å². The molecule has 2 nitrogen and oxygen atoms in total. The summed E-state index contributed by atoms with van der Waals surface area (Å²) < 4.78 is 5.11. The highest BCUT2D eigenvalue weighted by Gasteiger charge is 1.97. The minimum atomic E-state index is 0.133. The summed E-state index contributed by atoms with van der Waals surface area (Å²) in [5, 5.41) is 9.12. The van der Waals surface area contributed by atoms with Crippen LogP contribution in [0.3, 0.4) is 0 Å². The third-order valence-corrected chi connectivity index (χ3v) is 2.75. The standard InChI is InChI=1S/C8H18O2S/c1-3-8(2)11-7-6-10-5-4-9/h8-9H,3-7H2,1-2H3. The predicted octanol–water partition coefficient (Wildman–Crippen LogP) is 1.53. The summed E-state index contributed by atoms with van der Waals surface area (Å²) in [4.78, 5) is 0. The van der Waals surface area contributed by atoms with E-state index in [-0.39, 0.29) is 6.61 Å². The third kappa shape index (κ3) is 8.17. The van der Waals surface area contributed by atoms with Gasteiger partial charge in [0.05, 0.1) is 19.8 Å². The van der Waals surface area contributed by atoms with Gasteiger partial charge in [0.25, 0.3) is 0 Å². The molecule has 0 fully saturated rings. The molecule has 3 heteroatoms. The number of hydrogen-bond acceptors (Lipinski definition) is 3. The minimum Gasteiger partial charge on any atom is -0.394 e. The highest BCUT2D eigenvalue weighted by atomic mass is 32.2. The van der Waals surface area contributed by atoms with Crippen molar-refractivity contribution < 1.29 is 9.84 Å². The van der Waals surface area contributed by atoms with E-state index < -0.39 is 0 Å². The maximum Gasteiger partial charge on any atom is 0.0698 e. The van der Waals surface area contributed by atoms with Gasteiger partial charge >= 0.3 is 0 Å². The number of ether oxygens (including phenoxy) is 1. The van der Waals surface area contributed by atoms with Gasteiger partial charge in [-0.05, 0) is 6.42 Å². The number of aliphatic hydroxyl groups excluding tert-OH is 1. The Morgan fingerprint density at radius 3 is 2.73 bits per heavy atom. The van der Waals surface area contributed by atoms with Crippen LogP contribution < -0.4 is 0 Å². The van der Waals surface area contributed by atoms with Crippen LogP contribution in [0.1, 0.15) is 20.3 Å². The van der Waals surface area contributed by atoms with Crippen molar-refractivity contribution in [1.29, 1.82) is 0 Å². The van der Waals surface area contributed by atoms with Gasteiger partial charge in [0.15, 0.2) is 0 Å². The summed E-state index contributed by atoms with van der Waals surface area (Å²) in [5.41, 5.74) is 0. The van der Waals surface area contributed by atoms with Gasteiger partial charge < -0.3 is 9.84 Å². The second kappa shape index (κ2) is 8.37. The number of thioether (sulfide) groups is 1. The lowest BCUT2D eigenvalue weighted by Crippen LogP contribution is -2.04. The topological polar surface area (TPSA) is 29.5 Å². The average molecular weight is 178 g/mol. The van der Waals surface area contributed by atoms with Gasteiger partial charge in [-0.3, -0.25) is 0 Å². The van der Waals surface area contributed by atoms with Crippen molar-refractivity contribution in [3.05, 3.63) is 0 Å². The van der Waals surface area contributed by atoms with Crippen molar-refractivity contribution in [2.45, 2.75) is 25.5 Å². The molecular weight excluding hydrogens is 160 g/mol. The van der Waals surface area contributed by atoms with Crippen LogP contribution in [0, 0.1) is 0 Å². The second-order valence-electron chi connectivity index (χ2n) is 2.43. The van der Waals surface area contributed by atoms with E-state index >= 15 is 0 Å². The summed E-state index contributed by atoms with van der Waals surface area (Å²) in [7, 11) is 0. The van der Waals surface area contributed by atoms with Gasteiger partial charge in [-0.25, -0.2) is 0 Å². The molecule has 0 amide bonds. The number of aliphatic hydroxyl groups is 1. The molecule has 0 radical (unpaired) electrons. The SMILES string of the molecule is CCC(C)SCCOCCO. The lowest BCUT2D eigenvalue weighted by molar-refractivity contribution is 0.103. The van der Waals surface area contributed by atoms with Crippen LogP contribution in [0.2, 0.25) is 0 Å². The summed E-state index contributed by atoms with van der Waals surface area (Å²) in [6.45, 7) is 5.77. The molecular formula is C8H18O2S. The third-order valence-electron chi connectivity index (χ3n) is 1.44. The first-order valence-electron chi connectivity index (χ1n) is 4.11. The Bertz CT molecular complexity index is 78.5. The van der Waals surface area contributed by atoms with Crippen LogP contribution in [-0.2, 0) is 4.74 Å². The molecule has 0 aromatic rings. The Morgan fingerprint density at radius 1 is 1.45 bits per heavy atom. The first kappa shape index (κ1) is 11.3. The second-order valence-corrected chi connectivity index (χ2v) is 3.97. The van der Waals surface area contributed by atoms with Crippen LogP contribution >= 0.6 is 11.8 Å². The summed E-state index contributed by atoms with van der Waals surface area (Å²) >= 11 is 1.92. The van der Waals surface area contributed by atoms with Crippen molar-refractivity contribution in [2.24, 2.45) is 0 Å². The van der Waals surface area contributed by atoms with Crippen LogP contribution in [0.5, 0.6) is 0 Å². The van der Waals surface area contributed by atoms with E-state index in [2.05, 4.69) is 13.8 Å². The predicted molar refractivity (Wildman–Crippen MR) is 50.1 cm³/mol. The first-order valence-corrected chi connectivity index (χ1v) is 5.16. The molecule has 0 rings (SSSR count). The average Bonchev–Trinajstić information content (AvgIpc) is 2.04. The van der Waals surface area contributed by atoms with E-state index in [1.54, 1.807) is 0 Å². The van der Waals surface area contributed by atoms with Crippen LogP contribution in [0.25, 0.3) is 0 Å². The van der Waals surface area contributed by atoms with E-state index in [0.717, 1.165) is 17.6 Å². The summed E-state index contributed by atoms with van der Waals surface area (Å²) in [5.74, 6) is 1.04. The molecule has 68 valence electrons. The van der Waals surface area contributed by atoms with Gasteiger partial charge in [-0.15, -0.1) is 0 Å². The monoisotopic (exact) mass is 178 g/mol. The zero-order valence-corrected chi connectivity index (χ0v) is 8.19. The smallest absolute Gasteiger partial charge is 0.0698 e. The Balaban J connectivity index is 2.89. The zero-order chi connectivity index (χ0) is 8.53. The fourth-order valence-electron chi connectivity index (χ4n) is 0.593. The quantitative estimate of drug-likeness (QED) is 0.599. The Hall–Kier alpha value is 0.270. The van der Waals surface area contributed by atoms with Crippen LogP contribution in [-0.4, -0.2) is 35.9 Å². The maximum absolute atomic E-state index is 8.39. The molecule has 0 aromatic carbocycles. The molecule has 1 N–H and O–H groups in total. The van der Waals surface area contributed by atoms with Gasteiger partial charge in [-0.1, -0.05) is 13.8 Å². The molecule has 0 bridgehead atoms. The van der Waals surface area contributed by atoms with Crippen LogP contribution in [0.15, 0.2) is 0 Å². The fourth-order valence-corrected chi connectivity index (χ4v) is 1.44. The zero-order valence-electron chi connectivity index (χ0n) is 7.38. The van der Waals surface area contributed by atoms with Crippen molar-refractivity contribution in [3.63, 3.8) is 0 Å². The maximum atomic E-state index is 8.39. The summed E-state index contributed by atoms with van der Waals surface area (Å²) in [6.07, 6.45) is 1.21. The minimum absolute atomic E-state index is 0.133. The van der Waals surface area contributed by atoms with Crippen molar-refractivity contribution in [1.82, 2.24) is 0 Å². The largest absolute Gasteiger partial charge is 0.394 e. The first-order chi connectivity index (χ1) is 5.31. The van der Waals surface area contributed by atoms with Gasteiger partial charge in [-0.2, -0.15) is 11.8 Å². The molecule has 0 aromatic heterocycles. The highest BCUT2D eigenvalue weighted by molar-refractivity contribution is 7.99. The molecule has 0 aliphatic carbocycles. The van der Waals surface area contributed by atoms with Crippen molar-refractivity contribution in [3.8, 4) is 0 Å². The molecule has 1 unspecified atom stereocenters. The molecule has 0 saturated heterocycles. The van der Waals surface area contributed by atoms with Gasteiger partial charge in [0.1, 0.15) is 0 Å². The lowest BCUT2D eigenvalue weighted by atomic mass is 10.4. The van der Waals surface area contributed by atoms with E-state index in [0.29, 0.717) is 6.61 Å². The molecule has 0 aliphatic rings. The Labute approximate surface area is 73.3 Å². The number of hydrogen-bond donors (Lipinski definition) is 1. The van der Waals surface area contributed by atoms with E-state index in [9.17, 15) is 0 Å². The van der Waals surface area contributed by atoms with Crippen molar-refractivity contribution >= 4 is 11.8 Å². The van der Waals surface area contributed by atoms with E-state index in [1.165, 1.54) is 6.42 Å². The molecule has 0 aliphatic heterocycles. The van der Waals surface area contributed by atoms with Crippen molar-refractivity contribution in [2.75, 3.05) is 25.6 Å². The van der Waals surface area contributed by atoms with Gasteiger partial charge in [0, 0.05) is 11.0 Å². The number of rotatable bonds is 7. The van der Waals surface area contributed by atoms with E-state index in [1.807, 2.05) is 11.8 Å². The Kier molecular flexibility index (Phi) is 8.57. The Morgan fingerprint density at radius 2 is 2.18 bits per heavy atom. The molecule has 0 saturated carbocycles. The fraction of sp³-hybridized carbons (Fsp3) is 1.00. The normalized spacial score (nSPS) is 13.4. The lowest BCUT2D eigenvalue weighted by Gasteiger charge is -2.07. The van der Waals surface area contributed by atoms with Gasteiger partial charge in [0.2, 0.25) is 0 Å². The molecule has 0 spiro atoms.